The number of para-hydroxylation sites is 1. The Morgan fingerprint density at radius 2 is 0.898 bits per heavy atom. The van der Waals surface area contributed by atoms with Crippen LogP contribution in [0.25, 0.3) is 44.5 Å². The van der Waals surface area contributed by atoms with Crippen LogP contribution in [0.2, 0.25) is 0 Å². The molecule has 0 amide bonds. The van der Waals surface area contributed by atoms with Gasteiger partial charge in [0.2, 0.25) is 0 Å². The molecule has 7 aliphatic rings. The normalized spacial score (nSPS) is 24.9. The zero-order valence-corrected chi connectivity index (χ0v) is 34.7. The van der Waals surface area contributed by atoms with Crippen molar-refractivity contribution >= 4 is 17.1 Å². The number of rotatable bonds is 4. The van der Waals surface area contributed by atoms with Crippen LogP contribution in [-0.2, 0) is 16.2 Å². The minimum Gasteiger partial charge on any atom is -0.310 e. The van der Waals surface area contributed by atoms with Crippen molar-refractivity contribution in [1.82, 2.24) is 0 Å². The molecule has 7 aliphatic carbocycles. The minimum atomic E-state index is -0.178. The fourth-order valence-corrected chi connectivity index (χ4v) is 14.6. The van der Waals surface area contributed by atoms with E-state index in [2.05, 4.69) is 184 Å². The monoisotopic (exact) mass is 761 g/mol. The molecule has 1 heteroatoms. The third-order valence-corrected chi connectivity index (χ3v) is 16.6. The van der Waals surface area contributed by atoms with Crippen LogP contribution in [0.15, 0.2) is 152 Å². The molecule has 1 spiro atoms. The van der Waals surface area contributed by atoms with E-state index in [4.69, 9.17) is 0 Å². The van der Waals surface area contributed by atoms with Crippen molar-refractivity contribution in [3.05, 3.63) is 185 Å². The summed E-state index contributed by atoms with van der Waals surface area (Å²) >= 11 is 0. The van der Waals surface area contributed by atoms with Gasteiger partial charge >= 0.3 is 0 Å². The van der Waals surface area contributed by atoms with Gasteiger partial charge in [-0.2, -0.15) is 0 Å². The maximum Gasteiger partial charge on any atom is 0.0540 e. The summed E-state index contributed by atoms with van der Waals surface area (Å²) in [6, 6.07) is 58.9. The third-order valence-electron chi connectivity index (χ3n) is 16.6. The van der Waals surface area contributed by atoms with Gasteiger partial charge in [0, 0.05) is 27.5 Å². The number of hydrogen-bond donors (Lipinski definition) is 0. The molecule has 4 saturated carbocycles. The Bertz CT molecular complexity index is 2890. The highest BCUT2D eigenvalue weighted by molar-refractivity contribution is 6.00. The van der Waals surface area contributed by atoms with Gasteiger partial charge in [0.25, 0.3) is 0 Å². The van der Waals surface area contributed by atoms with Crippen molar-refractivity contribution in [2.24, 2.45) is 23.7 Å². The number of nitrogens with zero attached hydrogens (tertiary/aromatic N) is 1. The molecule has 4 bridgehead atoms. The van der Waals surface area contributed by atoms with E-state index >= 15 is 0 Å². The summed E-state index contributed by atoms with van der Waals surface area (Å²) in [5.41, 5.74) is 23.5. The Morgan fingerprint density at radius 3 is 1.63 bits per heavy atom. The highest BCUT2D eigenvalue weighted by Crippen LogP contribution is 2.70. The van der Waals surface area contributed by atoms with E-state index in [0.717, 1.165) is 11.8 Å². The molecule has 59 heavy (non-hydrogen) atoms. The smallest absolute Gasteiger partial charge is 0.0540 e. The van der Waals surface area contributed by atoms with Crippen molar-refractivity contribution in [1.29, 1.82) is 0 Å². The molecule has 1 nitrogen and oxygen atoms in total. The summed E-state index contributed by atoms with van der Waals surface area (Å²) in [6.07, 6.45) is 6.99. The predicted molar refractivity (Wildman–Crippen MR) is 245 cm³/mol. The summed E-state index contributed by atoms with van der Waals surface area (Å²) in [4.78, 5) is 2.68. The standard InChI is InChI=1S/C58H51N/c1-56(2)48-22-10-7-18-46(48)54-44(19-13-24-50(54)56)43-17-8-12-25-52(43)59(53-26-14-20-45-41-16-5-9-21-47(41)57(3,4)55(45)53)39-27-28-42-40-15-6-11-23-49(40)58(51(42)34-39)37-30-35-29-36(32-37)33-38(58)31-35/h5-28,34-38H,29-33H2,1-4H3. The molecular formula is C58H51N. The lowest BCUT2D eigenvalue weighted by Gasteiger charge is -2.61. The van der Waals surface area contributed by atoms with Gasteiger partial charge in [-0.3, -0.25) is 0 Å². The Morgan fingerprint density at radius 1 is 0.390 bits per heavy atom. The van der Waals surface area contributed by atoms with E-state index in [9.17, 15) is 0 Å². The van der Waals surface area contributed by atoms with Gasteiger partial charge in [-0.05, 0) is 152 Å². The maximum atomic E-state index is 2.69. The van der Waals surface area contributed by atoms with E-state index in [1.54, 1.807) is 11.1 Å². The van der Waals surface area contributed by atoms with Crippen molar-refractivity contribution < 1.29 is 0 Å². The first-order valence-corrected chi connectivity index (χ1v) is 22.4. The van der Waals surface area contributed by atoms with Gasteiger partial charge in [0.05, 0.1) is 11.4 Å². The van der Waals surface area contributed by atoms with Crippen LogP contribution in [0.3, 0.4) is 0 Å². The van der Waals surface area contributed by atoms with Crippen LogP contribution >= 0.6 is 0 Å². The molecule has 0 unspecified atom stereocenters. The molecule has 7 aromatic rings. The highest BCUT2D eigenvalue weighted by Gasteiger charge is 2.61. The zero-order chi connectivity index (χ0) is 39.4. The molecule has 4 fully saturated rings. The fraction of sp³-hybridized carbons (Fsp3) is 0.276. The first kappa shape index (κ1) is 34.2. The molecule has 0 radical (unpaired) electrons. The fourth-order valence-electron chi connectivity index (χ4n) is 14.6. The van der Waals surface area contributed by atoms with Crippen molar-refractivity contribution in [2.45, 2.75) is 76.0 Å². The van der Waals surface area contributed by atoms with Gasteiger partial charge in [0.1, 0.15) is 0 Å². The topological polar surface area (TPSA) is 3.24 Å². The van der Waals surface area contributed by atoms with Crippen molar-refractivity contribution in [2.75, 3.05) is 4.90 Å². The number of benzene rings is 7. The summed E-state index contributed by atoms with van der Waals surface area (Å²) in [5.74, 6) is 3.23. The second-order valence-corrected chi connectivity index (χ2v) is 20.1. The molecule has 288 valence electrons. The first-order chi connectivity index (χ1) is 28.8. The molecule has 14 rings (SSSR count). The first-order valence-electron chi connectivity index (χ1n) is 22.4. The van der Waals surface area contributed by atoms with Gasteiger partial charge in [-0.25, -0.2) is 0 Å². The molecule has 0 aliphatic heterocycles. The molecule has 0 atom stereocenters. The number of anilines is 3. The second-order valence-electron chi connectivity index (χ2n) is 20.1. The highest BCUT2D eigenvalue weighted by atomic mass is 15.1. The Hall–Kier alpha value is -5.66. The van der Waals surface area contributed by atoms with E-state index in [-0.39, 0.29) is 16.2 Å². The molecular weight excluding hydrogens is 711 g/mol. The van der Waals surface area contributed by atoms with Crippen molar-refractivity contribution in [3.8, 4) is 44.5 Å². The van der Waals surface area contributed by atoms with E-state index in [1.807, 2.05) is 0 Å². The Kier molecular flexibility index (Phi) is 6.82. The van der Waals surface area contributed by atoms with E-state index in [0.29, 0.717) is 11.8 Å². The lowest BCUT2D eigenvalue weighted by molar-refractivity contribution is -0.0399. The van der Waals surface area contributed by atoms with Gasteiger partial charge in [-0.1, -0.05) is 155 Å². The average Bonchev–Trinajstić information content (AvgIpc) is 3.78. The molecule has 0 N–H and O–H groups in total. The maximum absolute atomic E-state index is 2.69. The lowest BCUT2D eigenvalue weighted by atomic mass is 9.43. The predicted octanol–water partition coefficient (Wildman–Crippen LogP) is 15.2. The number of fused-ring (bicyclic) bond motifs is 9. The van der Waals surface area contributed by atoms with Gasteiger partial charge in [0.15, 0.2) is 0 Å². The average molecular weight is 762 g/mol. The summed E-state index contributed by atoms with van der Waals surface area (Å²) in [7, 11) is 0. The molecule has 0 heterocycles. The Balaban J connectivity index is 1.09. The Labute approximate surface area is 349 Å². The quantitative estimate of drug-likeness (QED) is 0.173. The summed E-state index contributed by atoms with van der Waals surface area (Å²) < 4.78 is 0. The minimum absolute atomic E-state index is 0.0748. The van der Waals surface area contributed by atoms with Crippen LogP contribution in [-0.4, -0.2) is 0 Å². The largest absolute Gasteiger partial charge is 0.310 e. The van der Waals surface area contributed by atoms with Gasteiger partial charge in [-0.15, -0.1) is 0 Å². The SMILES string of the molecule is CC1(C)c2ccccc2-c2c(-c3ccccc3N(c3ccc4c(c3)C3(c5ccccc5-4)C4CC5CC(C4)CC3C5)c3cccc4c3C(C)(C)c3ccccc3-4)cccc21. The van der Waals surface area contributed by atoms with Crippen LogP contribution in [0.4, 0.5) is 17.1 Å². The zero-order valence-electron chi connectivity index (χ0n) is 34.7. The van der Waals surface area contributed by atoms with Crippen molar-refractivity contribution in [3.63, 3.8) is 0 Å². The molecule has 0 saturated heterocycles. The molecule has 7 aromatic carbocycles. The van der Waals surface area contributed by atoms with Crippen LogP contribution in [0.1, 0.15) is 93.2 Å². The van der Waals surface area contributed by atoms with Crippen LogP contribution in [0.5, 0.6) is 0 Å². The van der Waals surface area contributed by atoms with E-state index in [1.165, 1.54) is 116 Å². The number of hydrogen-bond acceptors (Lipinski definition) is 1. The third kappa shape index (κ3) is 4.31. The van der Waals surface area contributed by atoms with Crippen LogP contribution < -0.4 is 4.90 Å². The lowest BCUT2D eigenvalue weighted by Crippen LogP contribution is -2.55. The van der Waals surface area contributed by atoms with E-state index < -0.39 is 0 Å². The molecule has 0 aromatic heterocycles. The van der Waals surface area contributed by atoms with Gasteiger partial charge < -0.3 is 4.90 Å². The summed E-state index contributed by atoms with van der Waals surface area (Å²) in [5, 5.41) is 0. The second kappa shape index (κ2) is 11.8. The van der Waals surface area contributed by atoms with Crippen LogP contribution in [0, 0.1) is 23.7 Å². The summed E-state index contributed by atoms with van der Waals surface area (Å²) in [6.45, 7) is 9.68.